The lowest BCUT2D eigenvalue weighted by atomic mass is 10.0. The lowest BCUT2D eigenvalue weighted by Crippen LogP contribution is -1.92. The average Bonchev–Trinajstić information content (AvgIpc) is 2.60. The van der Waals surface area contributed by atoms with Gasteiger partial charge >= 0.3 is 0 Å². The van der Waals surface area contributed by atoms with Crippen molar-refractivity contribution in [3.8, 4) is 11.1 Å². The van der Waals surface area contributed by atoms with Gasteiger partial charge in [-0.15, -0.1) is 0 Å². The Bertz CT molecular complexity index is 474. The van der Waals surface area contributed by atoms with Crippen LogP contribution in [-0.4, -0.2) is 14.9 Å². The Balaban J connectivity index is 2.49. The minimum atomic E-state index is 0.0765. The van der Waals surface area contributed by atoms with Crippen molar-refractivity contribution in [3.05, 3.63) is 41.7 Å². The van der Waals surface area contributed by atoms with Crippen molar-refractivity contribution in [3.63, 3.8) is 0 Å². The maximum atomic E-state index is 9.06. The fourth-order valence-corrected chi connectivity index (χ4v) is 1.62. The van der Waals surface area contributed by atoms with Gasteiger partial charge in [0.05, 0.1) is 12.8 Å². The van der Waals surface area contributed by atoms with Gasteiger partial charge in [0.2, 0.25) is 0 Å². The van der Waals surface area contributed by atoms with E-state index in [4.69, 9.17) is 5.11 Å². The van der Waals surface area contributed by atoms with Crippen LogP contribution in [0.4, 0.5) is 0 Å². The van der Waals surface area contributed by atoms with Crippen LogP contribution >= 0.6 is 0 Å². The standard InChI is InChI=1S/C12H14N2O/c1-9-12(7-13-14(9)2)11-5-3-4-10(6-11)8-15/h3-7,15H,8H2,1-2H3. The fraction of sp³-hybridized carbons (Fsp3) is 0.250. The van der Waals surface area contributed by atoms with E-state index < -0.39 is 0 Å². The maximum absolute atomic E-state index is 9.06. The monoisotopic (exact) mass is 202 g/mol. The third-order valence-electron chi connectivity index (χ3n) is 2.66. The predicted molar refractivity (Wildman–Crippen MR) is 59.3 cm³/mol. The second kappa shape index (κ2) is 3.87. The Kier molecular flexibility index (Phi) is 2.56. The zero-order valence-corrected chi connectivity index (χ0v) is 8.94. The highest BCUT2D eigenvalue weighted by Gasteiger charge is 2.06. The summed E-state index contributed by atoms with van der Waals surface area (Å²) in [5.74, 6) is 0. The molecule has 0 saturated carbocycles. The molecule has 1 aromatic carbocycles. The van der Waals surface area contributed by atoms with Crippen molar-refractivity contribution in [2.24, 2.45) is 7.05 Å². The molecule has 3 nitrogen and oxygen atoms in total. The van der Waals surface area contributed by atoms with Crippen molar-refractivity contribution < 1.29 is 5.11 Å². The molecule has 0 radical (unpaired) electrons. The molecule has 0 bridgehead atoms. The summed E-state index contributed by atoms with van der Waals surface area (Å²) in [6.45, 7) is 2.11. The van der Waals surface area contributed by atoms with Crippen LogP contribution in [0.15, 0.2) is 30.5 Å². The Morgan fingerprint density at radius 3 is 2.80 bits per heavy atom. The molecular weight excluding hydrogens is 188 g/mol. The molecular formula is C12H14N2O. The number of aromatic nitrogens is 2. The summed E-state index contributed by atoms with van der Waals surface area (Å²) in [5, 5.41) is 13.3. The highest BCUT2D eigenvalue weighted by Crippen LogP contribution is 2.23. The normalized spacial score (nSPS) is 10.6. The molecule has 0 aliphatic carbocycles. The van der Waals surface area contributed by atoms with Crippen LogP contribution in [0.2, 0.25) is 0 Å². The molecule has 1 aromatic heterocycles. The number of aryl methyl sites for hydroxylation is 1. The van der Waals surface area contributed by atoms with Gasteiger partial charge in [-0.2, -0.15) is 5.10 Å². The van der Waals surface area contributed by atoms with Crippen LogP contribution < -0.4 is 0 Å². The van der Waals surface area contributed by atoms with Crippen LogP contribution in [-0.2, 0) is 13.7 Å². The van der Waals surface area contributed by atoms with E-state index in [1.54, 1.807) is 0 Å². The number of hydrogen-bond donors (Lipinski definition) is 1. The number of benzene rings is 1. The quantitative estimate of drug-likeness (QED) is 0.807. The van der Waals surface area contributed by atoms with Gasteiger partial charge in [0.15, 0.2) is 0 Å². The van der Waals surface area contributed by atoms with Crippen molar-refractivity contribution in [2.45, 2.75) is 13.5 Å². The molecule has 78 valence electrons. The first-order valence-corrected chi connectivity index (χ1v) is 4.91. The third-order valence-corrected chi connectivity index (χ3v) is 2.66. The molecule has 1 N–H and O–H groups in total. The number of rotatable bonds is 2. The maximum Gasteiger partial charge on any atom is 0.0682 e. The van der Waals surface area contributed by atoms with E-state index in [9.17, 15) is 0 Å². The van der Waals surface area contributed by atoms with E-state index in [2.05, 4.69) is 5.10 Å². The minimum Gasteiger partial charge on any atom is -0.392 e. The lowest BCUT2D eigenvalue weighted by molar-refractivity contribution is 0.282. The highest BCUT2D eigenvalue weighted by molar-refractivity contribution is 5.65. The first-order chi connectivity index (χ1) is 7.22. The molecule has 0 unspecified atom stereocenters. The molecule has 0 fully saturated rings. The van der Waals surface area contributed by atoms with Gasteiger partial charge < -0.3 is 5.11 Å². The summed E-state index contributed by atoms with van der Waals surface area (Å²) in [5.41, 5.74) is 4.28. The molecule has 0 atom stereocenters. The Labute approximate surface area is 89.0 Å². The van der Waals surface area contributed by atoms with Gasteiger partial charge in [0.1, 0.15) is 0 Å². The second-order valence-electron chi connectivity index (χ2n) is 3.63. The van der Waals surface area contributed by atoms with Gasteiger partial charge in [-0.3, -0.25) is 4.68 Å². The molecule has 1 heterocycles. The second-order valence-corrected chi connectivity index (χ2v) is 3.63. The van der Waals surface area contributed by atoms with E-state index in [1.165, 1.54) is 0 Å². The number of hydrogen-bond acceptors (Lipinski definition) is 2. The Morgan fingerprint density at radius 2 is 2.20 bits per heavy atom. The van der Waals surface area contributed by atoms with E-state index in [1.807, 2.05) is 49.1 Å². The van der Waals surface area contributed by atoms with E-state index in [0.717, 1.165) is 22.4 Å². The van der Waals surface area contributed by atoms with Crippen LogP contribution in [0.5, 0.6) is 0 Å². The van der Waals surface area contributed by atoms with E-state index in [0.29, 0.717) is 0 Å². The minimum absolute atomic E-state index is 0.0765. The van der Waals surface area contributed by atoms with Crippen molar-refractivity contribution >= 4 is 0 Å². The molecule has 0 amide bonds. The summed E-state index contributed by atoms with van der Waals surface area (Å²) in [4.78, 5) is 0. The smallest absolute Gasteiger partial charge is 0.0682 e. The van der Waals surface area contributed by atoms with Crippen LogP contribution in [0.3, 0.4) is 0 Å². The van der Waals surface area contributed by atoms with Crippen LogP contribution in [0.25, 0.3) is 11.1 Å². The molecule has 15 heavy (non-hydrogen) atoms. The molecule has 2 rings (SSSR count). The largest absolute Gasteiger partial charge is 0.392 e. The predicted octanol–water partition coefficient (Wildman–Crippen LogP) is 1.89. The summed E-state index contributed by atoms with van der Waals surface area (Å²) in [7, 11) is 1.93. The third kappa shape index (κ3) is 1.78. The number of aliphatic hydroxyl groups is 1. The van der Waals surface area contributed by atoms with Crippen molar-refractivity contribution in [1.29, 1.82) is 0 Å². The van der Waals surface area contributed by atoms with Crippen LogP contribution in [0.1, 0.15) is 11.3 Å². The van der Waals surface area contributed by atoms with Gasteiger partial charge in [-0.05, 0) is 24.1 Å². The highest BCUT2D eigenvalue weighted by atomic mass is 16.3. The van der Waals surface area contributed by atoms with Crippen LogP contribution in [0, 0.1) is 6.92 Å². The van der Waals surface area contributed by atoms with Crippen molar-refractivity contribution in [2.75, 3.05) is 0 Å². The Hall–Kier alpha value is -1.61. The van der Waals surface area contributed by atoms with Gasteiger partial charge in [-0.1, -0.05) is 18.2 Å². The summed E-state index contributed by atoms with van der Waals surface area (Å²) < 4.78 is 1.85. The molecule has 0 aliphatic heterocycles. The van der Waals surface area contributed by atoms with Crippen molar-refractivity contribution in [1.82, 2.24) is 9.78 Å². The molecule has 3 heteroatoms. The average molecular weight is 202 g/mol. The summed E-state index contributed by atoms with van der Waals surface area (Å²) in [6, 6.07) is 7.88. The molecule has 0 saturated heterocycles. The van der Waals surface area contributed by atoms with Gasteiger partial charge in [0, 0.05) is 18.3 Å². The first kappa shape index (κ1) is 9.93. The summed E-state index contributed by atoms with van der Waals surface area (Å²) >= 11 is 0. The van der Waals surface area contributed by atoms with Gasteiger partial charge in [0.25, 0.3) is 0 Å². The van der Waals surface area contributed by atoms with E-state index in [-0.39, 0.29) is 6.61 Å². The van der Waals surface area contributed by atoms with Gasteiger partial charge in [-0.25, -0.2) is 0 Å². The van der Waals surface area contributed by atoms with E-state index >= 15 is 0 Å². The Morgan fingerprint density at radius 1 is 1.40 bits per heavy atom. The molecule has 0 spiro atoms. The SMILES string of the molecule is Cc1c(-c2cccc(CO)c2)cnn1C. The zero-order chi connectivity index (χ0) is 10.8. The summed E-state index contributed by atoms with van der Waals surface area (Å²) in [6.07, 6.45) is 1.85. The zero-order valence-electron chi connectivity index (χ0n) is 8.94. The fourth-order valence-electron chi connectivity index (χ4n) is 1.62. The topological polar surface area (TPSA) is 38.1 Å². The first-order valence-electron chi connectivity index (χ1n) is 4.91. The molecule has 0 aliphatic rings. The lowest BCUT2D eigenvalue weighted by Gasteiger charge is -2.02. The number of aliphatic hydroxyl groups excluding tert-OH is 1. The number of nitrogens with zero attached hydrogens (tertiary/aromatic N) is 2. The molecule has 2 aromatic rings.